The van der Waals surface area contributed by atoms with Gasteiger partial charge in [-0.2, -0.15) is 0 Å². The Morgan fingerprint density at radius 1 is 0.870 bits per heavy atom. The number of hydrogen-bond donors (Lipinski definition) is 0. The van der Waals surface area contributed by atoms with Gasteiger partial charge in [-0.05, 0) is 0 Å². The molecule has 0 saturated carbocycles. The van der Waals surface area contributed by atoms with Crippen molar-refractivity contribution in [2.45, 2.75) is 73.1 Å². The van der Waals surface area contributed by atoms with E-state index in [-0.39, 0.29) is 31.6 Å². The van der Waals surface area contributed by atoms with Gasteiger partial charge in [-0.1, -0.05) is 6.92 Å². The molecule has 0 aromatic heterocycles. The van der Waals surface area contributed by atoms with Crippen LogP contribution in [0.25, 0.3) is 14.7 Å². The summed E-state index contributed by atoms with van der Waals surface area (Å²) in [4.78, 5) is 2.40. The summed E-state index contributed by atoms with van der Waals surface area (Å²) < 4.78 is 5.55. The number of hydrogen-bond acceptors (Lipinski definition) is 0. The van der Waals surface area contributed by atoms with Crippen LogP contribution in [0.15, 0.2) is 109 Å². The average Bonchev–Trinajstić information content (AvgIpc) is 3.06. The zero-order chi connectivity index (χ0) is 32.9. The summed E-state index contributed by atoms with van der Waals surface area (Å²) in [6.07, 6.45) is 11.9. The molecule has 0 fully saturated rings. The first-order valence-electron chi connectivity index (χ1n) is 16.9. The Bertz CT molecular complexity index is 1720. The SMILES string of the molecule is C=C=C(c1ccccc1C(=C)CCc1ccccc1CC)I1CC=C2C(C)(C)C(c3ccc(C(CCC)=IC)cc3)=CC[C@]2(C)C1. The zero-order valence-corrected chi connectivity index (χ0v) is 33.2. The van der Waals surface area contributed by atoms with Gasteiger partial charge in [-0.25, -0.2) is 0 Å². The van der Waals surface area contributed by atoms with Gasteiger partial charge in [0, 0.05) is 0 Å². The quantitative estimate of drug-likeness (QED) is 0.0781. The first-order chi connectivity index (χ1) is 22.2. The summed E-state index contributed by atoms with van der Waals surface area (Å²) in [6, 6.07) is 27.4. The van der Waals surface area contributed by atoms with Gasteiger partial charge >= 0.3 is 292 Å². The van der Waals surface area contributed by atoms with Gasteiger partial charge in [-0.15, -0.1) is 0 Å². The molecule has 0 spiro atoms. The maximum atomic E-state index is 4.62. The zero-order valence-electron chi connectivity index (χ0n) is 28.9. The van der Waals surface area contributed by atoms with Gasteiger partial charge in [0.05, 0.1) is 0 Å². The van der Waals surface area contributed by atoms with Crippen molar-refractivity contribution in [3.63, 3.8) is 0 Å². The molecule has 5 rings (SSSR count). The Labute approximate surface area is 297 Å². The summed E-state index contributed by atoms with van der Waals surface area (Å²) in [7, 11) is 0. The van der Waals surface area contributed by atoms with Crippen molar-refractivity contribution in [3.8, 4) is 0 Å². The van der Waals surface area contributed by atoms with Crippen molar-refractivity contribution < 1.29 is 0 Å². The van der Waals surface area contributed by atoms with Crippen LogP contribution in [-0.4, -0.2) is 17.3 Å². The van der Waals surface area contributed by atoms with E-state index < -0.39 is 19.8 Å². The van der Waals surface area contributed by atoms with Gasteiger partial charge < -0.3 is 0 Å². The number of benzene rings is 3. The number of alkyl halides is 3. The Morgan fingerprint density at radius 3 is 2.20 bits per heavy atom. The van der Waals surface area contributed by atoms with Crippen LogP contribution in [0.3, 0.4) is 0 Å². The van der Waals surface area contributed by atoms with Crippen LogP contribution in [0.5, 0.6) is 0 Å². The van der Waals surface area contributed by atoms with E-state index in [9.17, 15) is 0 Å². The molecule has 0 N–H and O–H groups in total. The molecule has 242 valence electrons. The van der Waals surface area contributed by atoms with E-state index >= 15 is 0 Å². The third-order valence-electron chi connectivity index (χ3n) is 10.0. The van der Waals surface area contributed by atoms with Gasteiger partial charge in [0.2, 0.25) is 0 Å². The molecule has 0 radical (unpaired) electrons. The van der Waals surface area contributed by atoms with Crippen LogP contribution in [0, 0.1) is 10.8 Å². The number of allylic oxidation sites excluding steroid dienone is 5. The molecular weight excluding hydrogens is 782 g/mol. The molecular formula is C44H52I2. The Balaban J connectivity index is 1.37. The van der Waals surface area contributed by atoms with Gasteiger partial charge in [0.25, 0.3) is 0 Å². The van der Waals surface area contributed by atoms with Gasteiger partial charge in [0.15, 0.2) is 0 Å². The summed E-state index contributed by atoms with van der Waals surface area (Å²) in [5, 5.41) is 0. The predicted molar refractivity (Wildman–Crippen MR) is 224 cm³/mol. The standard InChI is InChI=1S/C44H52I2/c1-9-16-40(45-8)36-25-23-35(24-26-36)39-27-29-44(7)31-46(30-28-42(44)43(39,5)6)41(11-3)38-20-15-14-19-37(38)32(4)21-22-34-18-13-12-17-33(34)10-2/h12-15,17-20,23-28H,3-4,9-10,16,21-22,29-31H2,1-2,5-8H3/t44-/m1/s1. The van der Waals surface area contributed by atoms with Crippen LogP contribution in [0.4, 0.5) is 0 Å². The molecule has 1 aliphatic carbocycles. The van der Waals surface area contributed by atoms with Gasteiger partial charge in [0.1, 0.15) is 0 Å². The van der Waals surface area contributed by atoms with Crippen molar-refractivity contribution in [2.24, 2.45) is 10.8 Å². The molecule has 0 amide bonds. The van der Waals surface area contributed by atoms with E-state index in [0.29, 0.717) is 0 Å². The van der Waals surface area contributed by atoms with Crippen LogP contribution in [-0.2, 0) is 12.8 Å². The fourth-order valence-electron chi connectivity index (χ4n) is 7.70. The van der Waals surface area contributed by atoms with E-state index in [1.807, 2.05) is 0 Å². The van der Waals surface area contributed by atoms with E-state index in [1.54, 1.807) is 9.08 Å². The number of aryl methyl sites for hydroxylation is 2. The first-order valence-corrected chi connectivity index (χ1v) is 24.3. The topological polar surface area (TPSA) is 0 Å². The van der Waals surface area contributed by atoms with Crippen molar-refractivity contribution in [2.75, 3.05) is 13.8 Å². The first kappa shape index (κ1) is 35.0. The van der Waals surface area contributed by atoms with Crippen LogP contribution >= 0.6 is 40.6 Å². The molecule has 2 aliphatic rings. The average molecular weight is 835 g/mol. The third-order valence-corrected chi connectivity index (χ3v) is 19.1. The summed E-state index contributed by atoms with van der Waals surface area (Å²) in [5.41, 5.74) is 16.5. The second kappa shape index (κ2) is 15.3. The molecule has 1 heterocycles. The molecule has 0 bridgehead atoms. The Kier molecular flexibility index (Phi) is 11.7. The second-order valence-electron chi connectivity index (χ2n) is 13.6. The van der Waals surface area contributed by atoms with E-state index in [0.717, 1.165) is 25.7 Å². The molecule has 2 heteroatoms. The number of halogens is 2. The monoisotopic (exact) mass is 834 g/mol. The molecule has 3 aromatic carbocycles. The summed E-state index contributed by atoms with van der Waals surface area (Å²) >= 11 is -1.48. The molecule has 1 atom stereocenters. The van der Waals surface area contributed by atoms with E-state index in [1.165, 1.54) is 69.8 Å². The minimum atomic E-state index is -1.60. The van der Waals surface area contributed by atoms with Crippen LogP contribution < -0.4 is 0 Å². The van der Waals surface area contributed by atoms with Gasteiger partial charge in [-0.3, -0.25) is 0 Å². The van der Waals surface area contributed by atoms with Crippen LogP contribution in [0.1, 0.15) is 93.7 Å². The Morgan fingerprint density at radius 2 is 1.54 bits per heavy atom. The number of fused-ring (bicyclic) bond motifs is 1. The molecule has 0 unspecified atom stereocenters. The van der Waals surface area contributed by atoms with E-state index in [4.69, 9.17) is 0 Å². The summed E-state index contributed by atoms with van der Waals surface area (Å²) in [6.45, 7) is 20.9. The maximum absolute atomic E-state index is 4.62. The normalized spacial score (nSPS) is 20.0. The van der Waals surface area contributed by atoms with Crippen molar-refractivity contribution >= 4 is 58.8 Å². The molecule has 0 saturated heterocycles. The van der Waals surface area contributed by atoms with Crippen molar-refractivity contribution in [1.29, 1.82) is 0 Å². The molecule has 0 nitrogen and oxygen atoms in total. The minimum absolute atomic E-state index is 0.0173. The van der Waals surface area contributed by atoms with Crippen LogP contribution in [0.2, 0.25) is 0 Å². The second-order valence-corrected chi connectivity index (χ2v) is 21.3. The summed E-state index contributed by atoms with van der Waals surface area (Å²) in [5.74, 6) is 0. The van der Waals surface area contributed by atoms with Crippen molar-refractivity contribution in [3.05, 3.63) is 143 Å². The number of rotatable bonds is 11. The molecule has 46 heavy (non-hydrogen) atoms. The predicted octanol–water partition coefficient (Wildman–Crippen LogP) is 12.9. The molecule has 3 aromatic rings. The fraction of sp³-hybridized carbons (Fsp3) is 0.364. The Hall–Kier alpha value is -2.27. The third kappa shape index (κ3) is 7.25. The molecule has 1 aliphatic heterocycles. The fourth-order valence-corrected chi connectivity index (χ4v) is 16.5. The van der Waals surface area contributed by atoms with Crippen molar-refractivity contribution in [1.82, 2.24) is 0 Å². The van der Waals surface area contributed by atoms with E-state index in [2.05, 4.69) is 143 Å².